The number of hydrogen-bond donors (Lipinski definition) is 0. The molecule has 1 aliphatic rings. The predicted octanol–water partition coefficient (Wildman–Crippen LogP) is -0.256. The van der Waals surface area contributed by atoms with E-state index >= 15 is 0 Å². The summed E-state index contributed by atoms with van der Waals surface area (Å²) < 4.78 is 0. The molecule has 0 saturated heterocycles. The van der Waals surface area contributed by atoms with Gasteiger partial charge in [-0.25, -0.2) is 0 Å². The Morgan fingerprint density at radius 1 is 0.955 bits per heavy atom. The maximum Gasteiger partial charge on any atom is -1.00 e. The van der Waals surface area contributed by atoms with Crippen molar-refractivity contribution in [2.24, 2.45) is 5.92 Å². The van der Waals surface area contributed by atoms with Crippen LogP contribution in [0.3, 0.4) is 0 Å². The van der Waals surface area contributed by atoms with Crippen LogP contribution in [0.1, 0.15) is 27.7 Å². The molecule has 1 aromatic rings. The van der Waals surface area contributed by atoms with Gasteiger partial charge in [0.15, 0.2) is 0 Å². The summed E-state index contributed by atoms with van der Waals surface area (Å²) in [5.41, 5.74) is 6.68. The molecule has 0 N–H and O–H groups in total. The zero-order valence-corrected chi connectivity index (χ0v) is 19.1. The molecule has 5 heteroatoms. The fourth-order valence-corrected chi connectivity index (χ4v) is 2.16. The summed E-state index contributed by atoms with van der Waals surface area (Å²) in [6.07, 6.45) is 0. The monoisotopic (exact) mass is 430 g/mol. The summed E-state index contributed by atoms with van der Waals surface area (Å²) in [5, 5.41) is 4.76. The van der Waals surface area contributed by atoms with Crippen molar-refractivity contribution < 1.29 is 48.1 Å². The van der Waals surface area contributed by atoms with Crippen LogP contribution in [0, 0.1) is 5.92 Å². The minimum absolute atomic E-state index is 0. The average molecular weight is 433 g/mol. The Balaban J connectivity index is 0. The molecule has 0 fully saturated rings. The van der Waals surface area contributed by atoms with Crippen molar-refractivity contribution in [2.45, 2.75) is 40.8 Å². The van der Waals surface area contributed by atoms with Crippen LogP contribution >= 0.6 is 0 Å². The molecular weight excluding hydrogens is 408 g/mol. The zero-order valence-electron chi connectivity index (χ0n) is 14.2. The van der Waals surface area contributed by atoms with Crippen LogP contribution in [0.4, 0.5) is 5.69 Å². The Morgan fingerprint density at radius 3 is 1.77 bits per heavy atom. The first kappa shape index (κ1) is 24.4. The van der Waals surface area contributed by atoms with Gasteiger partial charge in [0.25, 0.3) is 0 Å². The molecule has 0 heterocycles. The van der Waals surface area contributed by atoms with Crippen molar-refractivity contribution in [1.82, 2.24) is 0 Å². The van der Waals surface area contributed by atoms with Gasteiger partial charge in [-0.15, -0.1) is 11.4 Å². The number of allylic oxidation sites excluding steroid dienone is 3. The second-order valence-corrected chi connectivity index (χ2v) is 14.9. The van der Waals surface area contributed by atoms with Gasteiger partial charge in [-0.05, 0) is 26.7 Å². The van der Waals surface area contributed by atoms with Crippen LogP contribution in [0.25, 0.3) is 5.32 Å². The van der Waals surface area contributed by atoms with E-state index in [0.29, 0.717) is 5.92 Å². The Kier molecular flexibility index (Phi) is 13.0. The van der Waals surface area contributed by atoms with Gasteiger partial charge >= 0.3 is 41.9 Å². The fraction of sp³-hybridized carbons (Fsp3) is 0.412. The minimum Gasteiger partial charge on any atom is -1.00 e. The number of para-hydroxylation sites is 1. The van der Waals surface area contributed by atoms with Gasteiger partial charge in [0.2, 0.25) is 0 Å². The molecule has 0 aliphatic heterocycles. The Hall–Kier alpha value is 0.180. The van der Waals surface area contributed by atoms with E-state index in [1.165, 1.54) is 22.4 Å². The predicted molar refractivity (Wildman–Crippen MR) is 87.2 cm³/mol. The van der Waals surface area contributed by atoms with E-state index in [0.717, 1.165) is 5.69 Å². The molecule has 22 heavy (non-hydrogen) atoms. The summed E-state index contributed by atoms with van der Waals surface area (Å²) in [7, 11) is 0. The van der Waals surface area contributed by atoms with E-state index in [1.807, 2.05) is 18.2 Å². The molecule has 0 spiro atoms. The zero-order chi connectivity index (χ0) is 15.3. The standard InChI is InChI=1S/C15H18N.C2H6Si.2ClH.Zr/c1-10-11(2)13(4)15(12(10)3)16-14-8-6-5-7-9-14;1-3-2;;;/h5-9,12H,1-4H3;1-2H3;2*1H;/q-1;;;;+2/p-2. The summed E-state index contributed by atoms with van der Waals surface area (Å²) in [5.74, 6) is 0.459. The summed E-state index contributed by atoms with van der Waals surface area (Å²) in [4.78, 5) is 0. The molecule has 1 nitrogen and oxygen atoms in total. The van der Waals surface area contributed by atoms with E-state index in [-0.39, 0.29) is 30.2 Å². The minimum atomic E-state index is 0. The van der Waals surface area contributed by atoms with E-state index in [2.05, 4.69) is 52.9 Å². The third-order valence-corrected chi connectivity index (χ3v) is 3.60. The van der Waals surface area contributed by atoms with Crippen molar-refractivity contribution in [3.8, 4) is 0 Å². The van der Waals surface area contributed by atoms with Crippen LogP contribution in [0.2, 0.25) is 13.1 Å². The molecule has 0 amide bonds. The molecule has 0 saturated carbocycles. The molecule has 1 unspecified atom stereocenters. The van der Waals surface area contributed by atoms with Crippen LogP contribution in [-0.2, 0) is 23.3 Å². The Bertz CT molecular complexity index is 549. The average Bonchev–Trinajstić information content (AvgIpc) is 2.57. The first-order valence-electron chi connectivity index (χ1n) is 7.01. The molecular formula is C17H24Cl2NSiZr-. The largest absolute Gasteiger partial charge is 1.00 e. The molecule has 1 aliphatic carbocycles. The molecule has 0 aromatic heterocycles. The summed E-state index contributed by atoms with van der Waals surface area (Å²) in [6, 6.07) is 10.2. The number of hydrogen-bond acceptors (Lipinski definition) is 0. The maximum atomic E-state index is 4.76. The smallest absolute Gasteiger partial charge is 1.00 e. The second kappa shape index (κ2) is 11.7. The van der Waals surface area contributed by atoms with E-state index < -0.39 is 0 Å². The van der Waals surface area contributed by atoms with Gasteiger partial charge in [-0.3, -0.25) is 0 Å². The molecule has 0 radical (unpaired) electrons. The van der Waals surface area contributed by atoms with Gasteiger partial charge in [0, 0.05) is 0 Å². The number of halogens is 2. The van der Waals surface area contributed by atoms with Crippen LogP contribution in [0.15, 0.2) is 52.7 Å². The normalized spacial score (nSPS) is 16.3. The van der Waals surface area contributed by atoms with E-state index in [4.69, 9.17) is 5.32 Å². The maximum absolute atomic E-state index is 4.76. The van der Waals surface area contributed by atoms with Crippen molar-refractivity contribution in [3.05, 3.63) is 58.1 Å². The van der Waals surface area contributed by atoms with Crippen molar-refractivity contribution in [3.63, 3.8) is 0 Å². The van der Waals surface area contributed by atoms with Gasteiger partial charge in [0.1, 0.15) is 0 Å². The summed E-state index contributed by atoms with van der Waals surface area (Å²) in [6.45, 7) is 13.4. The quantitative estimate of drug-likeness (QED) is 0.572. The van der Waals surface area contributed by atoms with Crippen molar-refractivity contribution in [2.75, 3.05) is 0 Å². The first-order valence-corrected chi connectivity index (χ1v) is 13.2. The number of nitrogens with zero attached hydrogens (tertiary/aromatic N) is 1. The van der Waals surface area contributed by atoms with Crippen LogP contribution < -0.4 is 24.8 Å². The van der Waals surface area contributed by atoms with Gasteiger partial charge in [-0.1, -0.05) is 54.0 Å². The van der Waals surface area contributed by atoms with Crippen LogP contribution in [0.5, 0.6) is 0 Å². The van der Waals surface area contributed by atoms with Gasteiger partial charge in [0.05, 0.1) is 0 Å². The summed E-state index contributed by atoms with van der Waals surface area (Å²) >= 11 is 1.74. The van der Waals surface area contributed by atoms with Crippen molar-refractivity contribution >= 4 is 11.1 Å². The van der Waals surface area contributed by atoms with Gasteiger partial charge < -0.3 is 30.1 Å². The molecule has 1 aromatic carbocycles. The molecule has 2 rings (SSSR count). The van der Waals surface area contributed by atoms with E-state index in [9.17, 15) is 0 Å². The third kappa shape index (κ3) is 7.17. The number of benzene rings is 1. The molecule has 0 bridgehead atoms. The number of rotatable bonds is 2. The SMILES string of the molecule is CC1=C(C)C(C)C([N-]c2ccccc2)=C1C.C[Si](C)=[Zr+2].[Cl-].[Cl-]. The first-order chi connectivity index (χ1) is 9.34. The molecule has 1 atom stereocenters. The van der Waals surface area contributed by atoms with E-state index in [1.54, 1.807) is 23.3 Å². The fourth-order valence-electron chi connectivity index (χ4n) is 2.16. The van der Waals surface area contributed by atoms with Gasteiger partial charge in [-0.2, -0.15) is 0 Å². The molecule has 120 valence electrons. The Morgan fingerprint density at radius 2 is 1.41 bits per heavy atom. The topological polar surface area (TPSA) is 14.1 Å². The Labute approximate surface area is 163 Å². The van der Waals surface area contributed by atoms with Crippen LogP contribution in [-0.4, -0.2) is 5.43 Å². The second-order valence-electron chi connectivity index (χ2n) is 5.49. The van der Waals surface area contributed by atoms with Crippen molar-refractivity contribution in [1.29, 1.82) is 0 Å². The third-order valence-electron chi connectivity index (χ3n) is 3.60.